The molecule has 1 aromatic heterocycles. The number of nitrogens with zero attached hydrogens (tertiary/aromatic N) is 3. The second kappa shape index (κ2) is 6.27. The van der Waals surface area contributed by atoms with Gasteiger partial charge in [0.2, 0.25) is 0 Å². The molecule has 20 heavy (non-hydrogen) atoms. The van der Waals surface area contributed by atoms with Crippen molar-refractivity contribution in [2.24, 2.45) is 5.92 Å². The van der Waals surface area contributed by atoms with Gasteiger partial charge >= 0.3 is 0 Å². The fourth-order valence-corrected chi connectivity index (χ4v) is 3.20. The Morgan fingerprint density at radius 3 is 2.90 bits per heavy atom. The van der Waals surface area contributed by atoms with Crippen molar-refractivity contribution < 1.29 is 4.74 Å². The predicted molar refractivity (Wildman–Crippen MR) is 79.6 cm³/mol. The number of morpholine rings is 1. The molecule has 1 saturated heterocycles. The van der Waals surface area contributed by atoms with Crippen LogP contribution in [0.3, 0.4) is 0 Å². The normalized spacial score (nSPS) is 25.1. The largest absolute Gasteiger partial charge is 0.378 e. The van der Waals surface area contributed by atoms with E-state index in [9.17, 15) is 0 Å². The monoisotopic (exact) mass is 277 g/mol. The Bertz CT molecular complexity index is 425. The highest BCUT2D eigenvalue weighted by Gasteiger charge is 2.28. The van der Waals surface area contributed by atoms with Gasteiger partial charge in [-0.2, -0.15) is 5.10 Å². The van der Waals surface area contributed by atoms with Crippen molar-refractivity contribution in [3.05, 3.63) is 18.0 Å². The minimum Gasteiger partial charge on any atom is -0.378 e. The van der Waals surface area contributed by atoms with E-state index in [1.807, 2.05) is 6.20 Å². The SMILES string of the molecule is CC(C)n1cc(CN2CCOCC2CC2CCC2)cn1. The highest BCUT2D eigenvalue weighted by atomic mass is 16.5. The van der Waals surface area contributed by atoms with Crippen molar-refractivity contribution in [1.29, 1.82) is 0 Å². The molecule has 3 rings (SSSR count). The van der Waals surface area contributed by atoms with Crippen molar-refractivity contribution in [2.45, 2.75) is 58.2 Å². The highest BCUT2D eigenvalue weighted by molar-refractivity contribution is 5.05. The molecular weight excluding hydrogens is 250 g/mol. The van der Waals surface area contributed by atoms with E-state index in [0.29, 0.717) is 12.1 Å². The van der Waals surface area contributed by atoms with Crippen molar-refractivity contribution in [3.8, 4) is 0 Å². The van der Waals surface area contributed by atoms with Crippen LogP contribution in [0.1, 0.15) is 51.1 Å². The molecule has 0 amide bonds. The van der Waals surface area contributed by atoms with Crippen molar-refractivity contribution >= 4 is 0 Å². The molecule has 0 radical (unpaired) electrons. The third-order valence-electron chi connectivity index (χ3n) is 4.75. The Morgan fingerprint density at radius 1 is 1.40 bits per heavy atom. The summed E-state index contributed by atoms with van der Waals surface area (Å²) in [5.41, 5.74) is 1.33. The second-order valence-electron chi connectivity index (χ2n) is 6.65. The van der Waals surface area contributed by atoms with Gasteiger partial charge in [0, 0.05) is 36.9 Å². The van der Waals surface area contributed by atoms with Crippen LogP contribution in [-0.2, 0) is 11.3 Å². The van der Waals surface area contributed by atoms with Gasteiger partial charge in [0.15, 0.2) is 0 Å². The lowest BCUT2D eigenvalue weighted by molar-refractivity contribution is -0.0244. The van der Waals surface area contributed by atoms with Crippen LogP contribution in [0.15, 0.2) is 12.4 Å². The van der Waals surface area contributed by atoms with Crippen molar-refractivity contribution in [2.75, 3.05) is 19.8 Å². The zero-order valence-corrected chi connectivity index (χ0v) is 12.8. The van der Waals surface area contributed by atoms with Gasteiger partial charge in [-0.05, 0) is 26.2 Å². The first-order valence-corrected chi connectivity index (χ1v) is 8.07. The molecule has 0 N–H and O–H groups in total. The lowest BCUT2D eigenvalue weighted by Gasteiger charge is -2.39. The zero-order valence-electron chi connectivity index (χ0n) is 12.8. The van der Waals surface area contributed by atoms with Gasteiger partial charge in [-0.1, -0.05) is 19.3 Å². The third-order valence-corrected chi connectivity index (χ3v) is 4.75. The minimum atomic E-state index is 0.444. The number of hydrogen-bond acceptors (Lipinski definition) is 3. The molecule has 2 aliphatic rings. The molecule has 4 nitrogen and oxygen atoms in total. The summed E-state index contributed by atoms with van der Waals surface area (Å²) in [6, 6.07) is 1.05. The molecule has 0 bridgehead atoms. The lowest BCUT2D eigenvalue weighted by atomic mass is 9.80. The van der Waals surface area contributed by atoms with Crippen molar-refractivity contribution in [3.63, 3.8) is 0 Å². The first-order valence-electron chi connectivity index (χ1n) is 8.07. The smallest absolute Gasteiger partial charge is 0.0622 e. The summed E-state index contributed by atoms with van der Waals surface area (Å²) in [7, 11) is 0. The molecule has 0 aromatic carbocycles. The molecule has 1 atom stereocenters. The van der Waals surface area contributed by atoms with Gasteiger partial charge in [0.1, 0.15) is 0 Å². The maximum absolute atomic E-state index is 5.70. The third kappa shape index (κ3) is 3.23. The van der Waals surface area contributed by atoms with E-state index in [1.165, 1.54) is 31.2 Å². The van der Waals surface area contributed by atoms with Crippen LogP contribution in [0.4, 0.5) is 0 Å². The fraction of sp³-hybridized carbons (Fsp3) is 0.812. The molecular formula is C16H27N3O. The topological polar surface area (TPSA) is 30.3 Å². The van der Waals surface area contributed by atoms with Gasteiger partial charge in [-0.15, -0.1) is 0 Å². The Labute approximate surface area is 122 Å². The van der Waals surface area contributed by atoms with Gasteiger partial charge in [0.05, 0.1) is 19.4 Å². The molecule has 1 saturated carbocycles. The Morgan fingerprint density at radius 2 is 2.25 bits per heavy atom. The van der Waals surface area contributed by atoms with E-state index in [4.69, 9.17) is 4.74 Å². The van der Waals surface area contributed by atoms with Crippen LogP contribution in [0.2, 0.25) is 0 Å². The molecule has 2 fully saturated rings. The minimum absolute atomic E-state index is 0.444. The number of hydrogen-bond donors (Lipinski definition) is 0. The average molecular weight is 277 g/mol. The van der Waals surface area contributed by atoms with Gasteiger partial charge in [0.25, 0.3) is 0 Å². The van der Waals surface area contributed by atoms with Crippen LogP contribution >= 0.6 is 0 Å². The molecule has 112 valence electrons. The van der Waals surface area contributed by atoms with Gasteiger partial charge in [-0.25, -0.2) is 0 Å². The van der Waals surface area contributed by atoms with Crippen LogP contribution in [0, 0.1) is 5.92 Å². The maximum Gasteiger partial charge on any atom is 0.0622 e. The van der Waals surface area contributed by atoms with Gasteiger partial charge < -0.3 is 4.74 Å². The molecule has 2 heterocycles. The summed E-state index contributed by atoms with van der Waals surface area (Å²) in [5.74, 6) is 0.947. The van der Waals surface area contributed by atoms with E-state index in [1.54, 1.807) is 0 Å². The van der Waals surface area contributed by atoms with Crippen LogP contribution in [0.5, 0.6) is 0 Å². The fourth-order valence-electron chi connectivity index (χ4n) is 3.20. The molecule has 1 aromatic rings. The number of ether oxygens (including phenoxy) is 1. The van der Waals surface area contributed by atoms with Crippen molar-refractivity contribution in [1.82, 2.24) is 14.7 Å². The summed E-state index contributed by atoms with van der Waals surface area (Å²) in [6.45, 7) is 8.21. The Kier molecular flexibility index (Phi) is 4.41. The van der Waals surface area contributed by atoms with E-state index < -0.39 is 0 Å². The lowest BCUT2D eigenvalue weighted by Crippen LogP contribution is -2.46. The zero-order chi connectivity index (χ0) is 13.9. The Balaban J connectivity index is 1.60. The highest BCUT2D eigenvalue weighted by Crippen LogP contribution is 2.32. The summed E-state index contributed by atoms with van der Waals surface area (Å²) < 4.78 is 7.75. The number of aromatic nitrogens is 2. The Hall–Kier alpha value is -0.870. The number of rotatable bonds is 5. The molecule has 1 aliphatic heterocycles. The van der Waals surface area contributed by atoms with Crippen LogP contribution in [0.25, 0.3) is 0 Å². The summed E-state index contributed by atoms with van der Waals surface area (Å²) in [5, 5.41) is 4.45. The van der Waals surface area contributed by atoms with E-state index in [2.05, 4.69) is 34.7 Å². The molecule has 0 spiro atoms. The van der Waals surface area contributed by atoms with E-state index in [-0.39, 0.29) is 0 Å². The summed E-state index contributed by atoms with van der Waals surface area (Å²) in [6.07, 6.45) is 9.82. The molecule has 1 aliphatic carbocycles. The van der Waals surface area contributed by atoms with Crippen LogP contribution in [-0.4, -0.2) is 40.5 Å². The first-order chi connectivity index (χ1) is 9.72. The first kappa shape index (κ1) is 14.1. The maximum atomic E-state index is 5.70. The summed E-state index contributed by atoms with van der Waals surface area (Å²) in [4.78, 5) is 2.60. The second-order valence-corrected chi connectivity index (χ2v) is 6.65. The van der Waals surface area contributed by atoms with Gasteiger partial charge in [-0.3, -0.25) is 9.58 Å². The quantitative estimate of drug-likeness (QED) is 0.829. The summed E-state index contributed by atoms with van der Waals surface area (Å²) >= 11 is 0. The molecule has 4 heteroatoms. The molecule has 1 unspecified atom stereocenters. The predicted octanol–water partition coefficient (Wildman–Crippen LogP) is 2.86. The van der Waals surface area contributed by atoms with Crippen LogP contribution < -0.4 is 0 Å². The van der Waals surface area contributed by atoms with E-state index >= 15 is 0 Å². The average Bonchev–Trinajstić information content (AvgIpc) is 2.84. The standard InChI is InChI=1S/C16H27N3O/c1-13(2)19-11-15(9-17-19)10-18-6-7-20-12-16(18)8-14-4-3-5-14/h9,11,13-14,16H,3-8,10,12H2,1-2H3. The van der Waals surface area contributed by atoms with E-state index in [0.717, 1.165) is 32.2 Å².